The number of pyridine rings is 1. The number of non-ortho nitro benzene ring substituents is 1. The van der Waals surface area contributed by atoms with Crippen molar-refractivity contribution in [1.82, 2.24) is 9.88 Å². The Morgan fingerprint density at radius 2 is 1.97 bits per heavy atom. The van der Waals surface area contributed by atoms with Crippen LogP contribution < -0.4 is 19.7 Å². The lowest BCUT2D eigenvalue weighted by Gasteiger charge is -2.17. The van der Waals surface area contributed by atoms with Gasteiger partial charge in [-0.2, -0.15) is 8.42 Å². The first-order chi connectivity index (χ1) is 14.5. The Balaban J connectivity index is 2.43. The number of nitro groups is 1. The van der Waals surface area contributed by atoms with E-state index in [1.165, 1.54) is 13.2 Å². The maximum absolute atomic E-state index is 13.4. The predicted octanol–water partition coefficient (Wildman–Crippen LogP) is 1.91. The molecule has 0 saturated carbocycles. The number of nitro benzene ring substituents is 1. The van der Waals surface area contributed by atoms with Crippen LogP contribution in [0.2, 0.25) is 0 Å². The number of benzene rings is 2. The number of H-pyrrole nitrogens is 1. The van der Waals surface area contributed by atoms with E-state index in [1.54, 1.807) is 12.1 Å². The molecule has 0 unspecified atom stereocenters. The summed E-state index contributed by atoms with van der Waals surface area (Å²) >= 11 is 0. The molecule has 11 nitrogen and oxygen atoms in total. The van der Waals surface area contributed by atoms with Crippen LogP contribution in [0.15, 0.2) is 29.1 Å². The molecule has 2 N–H and O–H groups in total. The number of rotatable bonds is 8. The third kappa shape index (κ3) is 4.70. The number of nitrogens with zero attached hydrogens (tertiary/aromatic N) is 2. The zero-order chi connectivity index (χ0) is 22.9. The van der Waals surface area contributed by atoms with E-state index in [-0.39, 0.29) is 27.7 Å². The Bertz CT molecular complexity index is 1330. The molecule has 0 spiro atoms. The quantitative estimate of drug-likeness (QED) is 0.227. The number of hydrogen-bond donors (Lipinski definition) is 2. The molecule has 0 radical (unpaired) electrons. The molecule has 3 rings (SSSR count). The summed E-state index contributed by atoms with van der Waals surface area (Å²) in [6, 6.07) is 5.70. The average Bonchev–Trinajstić information content (AvgIpc) is 2.67. The number of ether oxygens (including phenoxy) is 1. The van der Waals surface area contributed by atoms with E-state index < -0.39 is 26.2 Å². The number of aromatic amines is 1. The second-order valence-electron chi connectivity index (χ2n) is 7.16. The van der Waals surface area contributed by atoms with Crippen LogP contribution in [0.4, 0.5) is 11.4 Å². The molecule has 12 heteroatoms. The lowest BCUT2D eigenvalue weighted by Crippen LogP contribution is -2.22. The van der Waals surface area contributed by atoms with Gasteiger partial charge in [0.25, 0.3) is 5.69 Å². The summed E-state index contributed by atoms with van der Waals surface area (Å²) < 4.78 is 33.8. The number of nitrogens with one attached hydrogen (secondary N) is 2. The van der Waals surface area contributed by atoms with Crippen LogP contribution >= 0.6 is 0 Å². The van der Waals surface area contributed by atoms with Gasteiger partial charge in [0.05, 0.1) is 40.9 Å². The highest BCUT2D eigenvalue weighted by atomic mass is 32.2. The van der Waals surface area contributed by atoms with Crippen molar-refractivity contribution in [2.75, 3.05) is 45.9 Å². The van der Waals surface area contributed by atoms with Gasteiger partial charge in [0.1, 0.15) is 11.3 Å². The van der Waals surface area contributed by atoms with E-state index in [1.807, 2.05) is 19.0 Å². The van der Waals surface area contributed by atoms with Crippen molar-refractivity contribution in [2.45, 2.75) is 0 Å². The van der Waals surface area contributed by atoms with Gasteiger partial charge in [-0.15, -0.1) is 0 Å². The molecule has 0 fully saturated rings. The van der Waals surface area contributed by atoms with Crippen LogP contribution in [-0.4, -0.2) is 63.8 Å². The molecule has 0 amide bonds. The first kappa shape index (κ1) is 22.3. The number of anilines is 1. The third-order valence-corrected chi connectivity index (χ3v) is 5.01. The fraction of sp³-hybridized carbons (Fsp3) is 0.316. The standard InChI is InChI=1S/C19H22N4O7S/c1-22(2)8-7-20-18-15(30-31(4,27)28)10-14(23(25)26)17-16(18)19(24)12-9-11(29-3)5-6-13(12)21-17/h5-6,9-10,20H,7-8H2,1-4H3,(H,21,24). The molecule has 0 bridgehead atoms. The van der Waals surface area contributed by atoms with Gasteiger partial charge < -0.3 is 24.1 Å². The molecule has 1 heterocycles. The van der Waals surface area contributed by atoms with Gasteiger partial charge in [0.2, 0.25) is 0 Å². The summed E-state index contributed by atoms with van der Waals surface area (Å²) in [4.78, 5) is 29.2. The van der Waals surface area contributed by atoms with Gasteiger partial charge in [-0.25, -0.2) is 0 Å². The van der Waals surface area contributed by atoms with E-state index in [9.17, 15) is 23.3 Å². The molecule has 2 aromatic carbocycles. The molecule has 0 atom stereocenters. The summed E-state index contributed by atoms with van der Waals surface area (Å²) in [5.74, 6) is 0.103. The maximum Gasteiger partial charge on any atom is 0.306 e. The Kier molecular flexibility index (Phi) is 6.04. The minimum atomic E-state index is -4.02. The fourth-order valence-corrected chi connectivity index (χ4v) is 3.63. The minimum absolute atomic E-state index is 0.0409. The van der Waals surface area contributed by atoms with Crippen LogP contribution in [0.1, 0.15) is 0 Å². The molecule has 0 saturated heterocycles. The van der Waals surface area contributed by atoms with Crippen LogP contribution in [0.3, 0.4) is 0 Å². The normalized spacial score (nSPS) is 11.8. The molecule has 0 aliphatic rings. The van der Waals surface area contributed by atoms with E-state index in [2.05, 4.69) is 10.3 Å². The first-order valence-electron chi connectivity index (χ1n) is 9.15. The van der Waals surface area contributed by atoms with Gasteiger partial charge in [-0.3, -0.25) is 14.9 Å². The highest BCUT2D eigenvalue weighted by Gasteiger charge is 2.26. The monoisotopic (exact) mass is 450 g/mol. The summed E-state index contributed by atoms with van der Waals surface area (Å²) in [5.41, 5.74) is -0.629. The van der Waals surface area contributed by atoms with Crippen LogP contribution in [0, 0.1) is 10.1 Å². The number of methoxy groups -OCH3 is 1. The lowest BCUT2D eigenvalue weighted by atomic mass is 10.1. The Labute approximate surface area is 177 Å². The van der Waals surface area contributed by atoms with Gasteiger partial charge >= 0.3 is 10.1 Å². The highest BCUT2D eigenvalue weighted by Crippen LogP contribution is 2.39. The van der Waals surface area contributed by atoms with Crippen molar-refractivity contribution in [3.63, 3.8) is 0 Å². The smallest absolute Gasteiger partial charge is 0.306 e. The molecular formula is C19H22N4O7S. The van der Waals surface area contributed by atoms with Crippen molar-refractivity contribution in [3.05, 3.63) is 44.6 Å². The molecule has 31 heavy (non-hydrogen) atoms. The summed E-state index contributed by atoms with van der Waals surface area (Å²) in [7, 11) is 1.12. The fourth-order valence-electron chi connectivity index (χ4n) is 3.17. The van der Waals surface area contributed by atoms with Crippen molar-refractivity contribution < 1.29 is 22.3 Å². The summed E-state index contributed by atoms with van der Waals surface area (Å²) in [5, 5.41) is 14.9. The van der Waals surface area contributed by atoms with Crippen molar-refractivity contribution in [3.8, 4) is 11.5 Å². The van der Waals surface area contributed by atoms with E-state index in [0.29, 0.717) is 24.4 Å². The average molecular weight is 450 g/mol. The van der Waals surface area contributed by atoms with Gasteiger partial charge in [0.15, 0.2) is 11.2 Å². The zero-order valence-corrected chi connectivity index (χ0v) is 18.2. The van der Waals surface area contributed by atoms with Crippen molar-refractivity contribution in [2.24, 2.45) is 0 Å². The summed E-state index contributed by atoms with van der Waals surface area (Å²) in [6.45, 7) is 0.881. The van der Waals surface area contributed by atoms with Crippen LogP contribution in [-0.2, 0) is 10.1 Å². The zero-order valence-electron chi connectivity index (χ0n) is 17.4. The number of fused-ring (bicyclic) bond motifs is 2. The molecule has 3 aromatic rings. The van der Waals surface area contributed by atoms with Gasteiger partial charge in [-0.05, 0) is 32.3 Å². The largest absolute Gasteiger partial charge is 0.497 e. The van der Waals surface area contributed by atoms with Crippen molar-refractivity contribution in [1.29, 1.82) is 0 Å². The Morgan fingerprint density at radius 1 is 1.26 bits per heavy atom. The molecule has 0 aliphatic heterocycles. The highest BCUT2D eigenvalue weighted by molar-refractivity contribution is 7.86. The number of likely N-dealkylation sites (N-methyl/N-ethyl adjacent to an activating group) is 1. The second-order valence-corrected chi connectivity index (χ2v) is 8.73. The van der Waals surface area contributed by atoms with E-state index in [4.69, 9.17) is 8.92 Å². The third-order valence-electron chi connectivity index (χ3n) is 4.53. The molecular weight excluding hydrogens is 428 g/mol. The number of aromatic nitrogens is 1. The Hall–Kier alpha value is -3.38. The first-order valence-corrected chi connectivity index (χ1v) is 11.0. The van der Waals surface area contributed by atoms with Gasteiger partial charge in [0, 0.05) is 18.5 Å². The molecule has 1 aromatic heterocycles. The van der Waals surface area contributed by atoms with Crippen LogP contribution in [0.5, 0.6) is 11.5 Å². The van der Waals surface area contributed by atoms with Crippen molar-refractivity contribution >= 4 is 43.3 Å². The topological polar surface area (TPSA) is 144 Å². The number of hydrogen-bond acceptors (Lipinski definition) is 9. The molecule has 0 aliphatic carbocycles. The maximum atomic E-state index is 13.4. The van der Waals surface area contributed by atoms with Gasteiger partial charge in [-0.1, -0.05) is 0 Å². The van der Waals surface area contributed by atoms with E-state index >= 15 is 0 Å². The lowest BCUT2D eigenvalue weighted by molar-refractivity contribution is -0.383. The van der Waals surface area contributed by atoms with Crippen LogP contribution in [0.25, 0.3) is 21.8 Å². The predicted molar refractivity (Wildman–Crippen MR) is 118 cm³/mol. The summed E-state index contributed by atoms with van der Waals surface area (Å²) in [6.07, 6.45) is 0.822. The minimum Gasteiger partial charge on any atom is -0.497 e. The SMILES string of the molecule is COc1ccc2[nH]c3c([N+](=O)[O-])cc(OS(C)(=O)=O)c(NCCN(C)C)c3c(=O)c2c1. The second kappa shape index (κ2) is 8.40. The Morgan fingerprint density at radius 3 is 2.55 bits per heavy atom. The van der Waals surface area contributed by atoms with E-state index in [0.717, 1.165) is 12.3 Å². The molecule has 166 valence electrons.